The smallest absolute Gasteiger partial charge is 0.303 e. The molecule has 16 heteroatoms. The van der Waals surface area contributed by atoms with Crippen molar-refractivity contribution >= 4 is 17.8 Å². The number of aliphatic hydroxyl groups is 3. The molecule has 0 aromatic rings. The van der Waals surface area contributed by atoms with Gasteiger partial charge in [0.15, 0.2) is 0 Å². The lowest BCUT2D eigenvalue weighted by Crippen LogP contribution is -2.35. The Balaban J connectivity index is 3.77. The van der Waals surface area contributed by atoms with Gasteiger partial charge < -0.3 is 52.4 Å². The second-order valence-corrected chi connectivity index (χ2v) is 10.6. The van der Waals surface area contributed by atoms with Crippen molar-refractivity contribution in [1.82, 2.24) is 25.8 Å². The summed E-state index contributed by atoms with van der Waals surface area (Å²) in [6.07, 6.45) is 2.62. The zero-order valence-electron chi connectivity index (χ0n) is 25.4. The first kappa shape index (κ1) is 41.0. The fraction of sp³-hybridized carbons (Fsp3) is 0.889. The molecule has 3 atom stereocenters. The highest BCUT2D eigenvalue weighted by Crippen LogP contribution is 2.07. The van der Waals surface area contributed by atoms with Gasteiger partial charge in [-0.3, -0.25) is 14.4 Å². The van der Waals surface area contributed by atoms with Crippen LogP contribution in [0.2, 0.25) is 0 Å². The van der Waals surface area contributed by atoms with E-state index in [-0.39, 0.29) is 63.4 Å². The molecule has 0 aliphatic carbocycles. The first-order valence-corrected chi connectivity index (χ1v) is 15.3. The summed E-state index contributed by atoms with van der Waals surface area (Å²) in [4.78, 5) is 34.4. The third-order valence-electron chi connectivity index (χ3n) is 6.77. The number of carboxylic acids is 1. The first-order chi connectivity index (χ1) is 20.5. The number of hydrogen-bond acceptors (Lipinski definition) is 13. The van der Waals surface area contributed by atoms with Gasteiger partial charge >= 0.3 is 5.97 Å². The number of rotatable bonds is 29. The molecule has 11 N–H and O–H groups in total. The van der Waals surface area contributed by atoms with Gasteiger partial charge in [0.2, 0.25) is 11.8 Å². The number of carboxylic acid groups (broad SMARTS) is 1. The Bertz CT molecular complexity index is 738. The summed E-state index contributed by atoms with van der Waals surface area (Å²) >= 11 is 0. The molecule has 0 aromatic carbocycles. The Morgan fingerprint density at radius 2 is 0.907 bits per heavy atom. The van der Waals surface area contributed by atoms with Gasteiger partial charge in [-0.25, -0.2) is 0 Å². The van der Waals surface area contributed by atoms with Gasteiger partial charge in [-0.15, -0.1) is 0 Å². The van der Waals surface area contributed by atoms with Crippen LogP contribution in [0, 0.1) is 0 Å². The highest BCUT2D eigenvalue weighted by molar-refractivity contribution is 5.76. The van der Waals surface area contributed by atoms with Gasteiger partial charge in [0.05, 0.1) is 0 Å². The van der Waals surface area contributed by atoms with Crippen molar-refractivity contribution < 1.29 is 50.4 Å². The van der Waals surface area contributed by atoms with Crippen LogP contribution in [0.4, 0.5) is 0 Å². The van der Waals surface area contributed by atoms with E-state index in [1.165, 1.54) is 0 Å². The molecule has 0 heterocycles. The van der Waals surface area contributed by atoms with Crippen LogP contribution >= 0.6 is 0 Å². The van der Waals surface area contributed by atoms with Crippen molar-refractivity contribution in [2.75, 3.05) is 39.3 Å². The molecule has 0 fully saturated rings. The number of aliphatic hydroxyl groups excluding tert-OH is 3. The number of unbranched alkanes of at least 4 members (excludes halogenated alkanes) is 6. The van der Waals surface area contributed by atoms with Crippen molar-refractivity contribution in [2.24, 2.45) is 5.73 Å². The molecule has 16 nitrogen and oxygen atoms in total. The van der Waals surface area contributed by atoms with Gasteiger partial charge in [-0.05, 0) is 64.3 Å². The largest absolute Gasteiger partial charge is 0.481 e. The number of nitrogens with one attached hydrogen (secondary N) is 2. The Kier molecular flexibility index (Phi) is 25.2. The highest BCUT2D eigenvalue weighted by atomic mass is 16.5. The van der Waals surface area contributed by atoms with E-state index in [1.54, 1.807) is 0 Å². The topological polar surface area (TPSA) is 253 Å². The van der Waals surface area contributed by atoms with Crippen LogP contribution in [-0.2, 0) is 14.4 Å². The number of carbonyl (C=O) groups excluding carboxylic acids is 2. The van der Waals surface area contributed by atoms with Crippen LogP contribution in [0.5, 0.6) is 0 Å². The van der Waals surface area contributed by atoms with E-state index in [2.05, 4.69) is 10.6 Å². The van der Waals surface area contributed by atoms with Crippen molar-refractivity contribution in [3.05, 3.63) is 0 Å². The monoisotopic (exact) mass is 624 g/mol. The summed E-state index contributed by atoms with van der Waals surface area (Å²) in [6.45, 7) is 2.10. The fourth-order valence-electron chi connectivity index (χ4n) is 4.05. The van der Waals surface area contributed by atoms with Crippen LogP contribution in [0.3, 0.4) is 0 Å². The van der Waals surface area contributed by atoms with Crippen LogP contribution < -0.4 is 16.4 Å². The predicted molar refractivity (Wildman–Crippen MR) is 155 cm³/mol. The Labute approximate surface area is 254 Å². The second kappa shape index (κ2) is 26.4. The molecule has 0 radical (unpaired) electrons. The van der Waals surface area contributed by atoms with E-state index in [4.69, 9.17) is 10.8 Å². The Morgan fingerprint density at radius 3 is 1.26 bits per heavy atom. The lowest BCUT2D eigenvalue weighted by molar-refractivity contribution is -0.199. The number of hydroxylamine groups is 6. The normalized spacial score (nSPS) is 13.8. The molecule has 0 aliphatic rings. The SMILES string of the molecule is NCCCCCN(O)C(O)CCC(=O)NCCCCCN(O)C(O)CCC(=O)NCCCCCN(O)C(O)CCC(=O)O. The molecule has 2 amide bonds. The number of carbonyl (C=O) groups is 3. The molecule has 0 spiro atoms. The molecular formula is C27H56N6O10. The number of aliphatic carboxylic acids is 1. The van der Waals surface area contributed by atoms with Gasteiger partial charge in [0.1, 0.15) is 18.7 Å². The molecule has 0 aromatic heterocycles. The number of amides is 2. The molecule has 254 valence electrons. The summed E-state index contributed by atoms with van der Waals surface area (Å²) in [7, 11) is 0. The lowest BCUT2D eigenvalue weighted by Gasteiger charge is -2.21. The average Bonchev–Trinajstić information content (AvgIpc) is 2.98. The average molecular weight is 625 g/mol. The van der Waals surface area contributed by atoms with Crippen molar-refractivity contribution in [3.63, 3.8) is 0 Å². The Morgan fingerprint density at radius 1 is 0.558 bits per heavy atom. The van der Waals surface area contributed by atoms with Crippen LogP contribution in [0.25, 0.3) is 0 Å². The molecule has 3 unspecified atom stereocenters. The molecule has 0 aliphatic heterocycles. The van der Waals surface area contributed by atoms with Crippen molar-refractivity contribution in [3.8, 4) is 0 Å². The van der Waals surface area contributed by atoms with E-state index >= 15 is 0 Å². The van der Waals surface area contributed by atoms with Gasteiger partial charge in [0, 0.05) is 52.0 Å². The number of nitrogens with zero attached hydrogens (tertiary/aromatic N) is 3. The first-order valence-electron chi connectivity index (χ1n) is 15.3. The molecule has 0 saturated heterocycles. The number of hydrogen-bond donors (Lipinski definition) is 10. The van der Waals surface area contributed by atoms with Crippen LogP contribution in [0.15, 0.2) is 0 Å². The van der Waals surface area contributed by atoms with E-state index in [0.29, 0.717) is 76.2 Å². The third kappa shape index (κ3) is 24.1. The Hall–Kier alpha value is -1.99. The van der Waals surface area contributed by atoms with Crippen molar-refractivity contribution in [2.45, 2.75) is 115 Å². The van der Waals surface area contributed by atoms with Gasteiger partial charge in [-0.1, -0.05) is 19.3 Å². The standard InChI is InChI=1S/C27H56N6O10/c28-16-4-1-7-19-31(41)24(36)12-10-22(34)29-17-5-2-8-20-32(42)25(37)13-11-23(35)30-18-6-3-9-21-33(43)26(38)14-15-27(39)40/h24-26,36-38,41-43H,1-21,28H2,(H,29,34)(H,30,35)(H,39,40). The zero-order valence-corrected chi connectivity index (χ0v) is 25.4. The molecule has 0 rings (SSSR count). The van der Waals surface area contributed by atoms with Crippen LogP contribution in [0.1, 0.15) is 96.3 Å². The highest BCUT2D eigenvalue weighted by Gasteiger charge is 2.17. The lowest BCUT2D eigenvalue weighted by atomic mass is 10.2. The van der Waals surface area contributed by atoms with Crippen LogP contribution in [-0.4, -0.2) is 127 Å². The van der Waals surface area contributed by atoms with E-state index < -0.39 is 24.7 Å². The minimum Gasteiger partial charge on any atom is -0.481 e. The number of nitrogens with two attached hydrogens (primary N) is 1. The van der Waals surface area contributed by atoms with Crippen molar-refractivity contribution in [1.29, 1.82) is 0 Å². The summed E-state index contributed by atoms with van der Waals surface area (Å²) in [5.41, 5.74) is 5.42. The second-order valence-electron chi connectivity index (χ2n) is 10.6. The minimum absolute atomic E-state index is 0.0292. The fourth-order valence-corrected chi connectivity index (χ4v) is 4.05. The van der Waals surface area contributed by atoms with Gasteiger partial charge in [0.25, 0.3) is 0 Å². The summed E-state index contributed by atoms with van der Waals surface area (Å²) in [5.74, 6) is -1.54. The summed E-state index contributed by atoms with van der Waals surface area (Å²) in [6, 6.07) is 0. The van der Waals surface area contributed by atoms with E-state index in [9.17, 15) is 45.3 Å². The van der Waals surface area contributed by atoms with E-state index in [0.717, 1.165) is 23.0 Å². The summed E-state index contributed by atoms with van der Waals surface area (Å²) < 4.78 is 0. The molecule has 43 heavy (non-hydrogen) atoms. The maximum absolute atomic E-state index is 12.0. The molecule has 0 bridgehead atoms. The maximum Gasteiger partial charge on any atom is 0.303 e. The minimum atomic E-state index is -1.24. The third-order valence-corrected chi connectivity index (χ3v) is 6.77. The summed E-state index contributed by atoms with van der Waals surface area (Å²) in [5, 5.41) is 75.5. The maximum atomic E-state index is 12.0. The van der Waals surface area contributed by atoms with E-state index in [1.807, 2.05) is 0 Å². The van der Waals surface area contributed by atoms with Gasteiger partial charge in [-0.2, -0.15) is 15.2 Å². The molecular weight excluding hydrogens is 568 g/mol. The zero-order chi connectivity index (χ0) is 32.5. The molecule has 0 saturated carbocycles. The predicted octanol–water partition coefficient (Wildman–Crippen LogP) is 0.142. The quantitative estimate of drug-likeness (QED) is 0.0302.